The molecule has 0 fully saturated rings. The van der Waals surface area contributed by atoms with Crippen molar-refractivity contribution in [3.63, 3.8) is 0 Å². The van der Waals surface area contributed by atoms with Gasteiger partial charge in [-0.3, -0.25) is 4.84 Å². The van der Waals surface area contributed by atoms with Gasteiger partial charge < -0.3 is 4.74 Å². The Morgan fingerprint density at radius 2 is 1.92 bits per heavy atom. The van der Waals surface area contributed by atoms with Crippen LogP contribution >= 0.6 is 11.8 Å². The number of hydroxylamine groups is 1. The van der Waals surface area contributed by atoms with E-state index in [2.05, 4.69) is 0 Å². The van der Waals surface area contributed by atoms with Crippen molar-refractivity contribution in [3.8, 4) is 0 Å². The van der Waals surface area contributed by atoms with Crippen LogP contribution in [0.15, 0.2) is 58.3 Å². The van der Waals surface area contributed by atoms with Crippen molar-refractivity contribution in [2.24, 2.45) is 0 Å². The number of esters is 1. The minimum Gasteiger partial charge on any atom is -0.461 e. The van der Waals surface area contributed by atoms with E-state index in [1.807, 2.05) is 0 Å². The summed E-state index contributed by atoms with van der Waals surface area (Å²) in [6.45, 7) is 0.0623. The van der Waals surface area contributed by atoms with E-state index in [4.69, 9.17) is 9.57 Å². The second kappa shape index (κ2) is 9.13. The molecule has 9 heteroatoms. The summed E-state index contributed by atoms with van der Waals surface area (Å²) in [6, 6.07) is 11.8. The summed E-state index contributed by atoms with van der Waals surface area (Å²) in [5.41, 5.74) is 0.103. The van der Waals surface area contributed by atoms with Gasteiger partial charge in [-0.1, -0.05) is 22.7 Å². The van der Waals surface area contributed by atoms with Crippen LogP contribution in [0.3, 0.4) is 0 Å². The summed E-state index contributed by atoms with van der Waals surface area (Å²) in [7, 11) is -1.38. The fourth-order valence-electron chi connectivity index (χ4n) is 1.96. The first kappa shape index (κ1) is 20.4. The van der Waals surface area contributed by atoms with Crippen LogP contribution in [0.2, 0.25) is 0 Å². The Balaban J connectivity index is 1.96. The molecule has 0 bridgehead atoms. The summed E-state index contributed by atoms with van der Waals surface area (Å²) < 4.78 is 43.7. The van der Waals surface area contributed by atoms with Gasteiger partial charge in [0.2, 0.25) is 0 Å². The molecule has 2 rings (SSSR count). The van der Waals surface area contributed by atoms with Crippen molar-refractivity contribution < 1.29 is 27.2 Å². The Kier molecular flexibility index (Phi) is 7.15. The molecule has 0 amide bonds. The van der Waals surface area contributed by atoms with Gasteiger partial charge in [-0.2, -0.15) is 0 Å². The van der Waals surface area contributed by atoms with Crippen molar-refractivity contribution in [1.29, 1.82) is 0 Å². The van der Waals surface area contributed by atoms with E-state index in [0.717, 1.165) is 0 Å². The number of sulfonamides is 1. The highest BCUT2D eigenvalue weighted by molar-refractivity contribution is 7.99. The van der Waals surface area contributed by atoms with Crippen molar-refractivity contribution in [2.75, 3.05) is 26.5 Å². The SMILES string of the molecule is CON(C)S(=O)(=O)c1cccc(C(=O)OCCSc2ccccc2F)c1. The van der Waals surface area contributed by atoms with Gasteiger partial charge >= 0.3 is 5.97 Å². The van der Waals surface area contributed by atoms with Crippen molar-refractivity contribution in [2.45, 2.75) is 9.79 Å². The fraction of sp³-hybridized carbons (Fsp3) is 0.235. The summed E-state index contributed by atoms with van der Waals surface area (Å²) in [4.78, 5) is 17.2. The van der Waals surface area contributed by atoms with Gasteiger partial charge in [0.05, 0.1) is 17.6 Å². The maximum atomic E-state index is 13.5. The van der Waals surface area contributed by atoms with Crippen LogP contribution in [0.5, 0.6) is 0 Å². The van der Waals surface area contributed by atoms with E-state index in [0.29, 0.717) is 15.1 Å². The molecule has 0 aliphatic carbocycles. The third-order valence-electron chi connectivity index (χ3n) is 3.37. The third kappa shape index (κ3) is 5.04. The van der Waals surface area contributed by atoms with E-state index in [1.165, 1.54) is 56.3 Å². The first-order chi connectivity index (χ1) is 12.4. The molecule has 0 saturated carbocycles. The Labute approximate surface area is 155 Å². The lowest BCUT2D eigenvalue weighted by atomic mass is 10.2. The average Bonchev–Trinajstić information content (AvgIpc) is 2.65. The Bertz CT molecular complexity index is 873. The molecule has 0 aliphatic rings. The first-order valence-electron chi connectivity index (χ1n) is 7.54. The number of carbonyl (C=O) groups excluding carboxylic acids is 1. The molecule has 26 heavy (non-hydrogen) atoms. The molecule has 0 unspecified atom stereocenters. The zero-order chi connectivity index (χ0) is 19.2. The molecule has 140 valence electrons. The second-order valence-corrected chi connectivity index (χ2v) is 8.11. The van der Waals surface area contributed by atoms with Crippen LogP contribution in [0, 0.1) is 5.82 Å². The number of nitrogens with zero attached hydrogens (tertiary/aromatic N) is 1. The quantitative estimate of drug-likeness (QED) is 0.294. The largest absolute Gasteiger partial charge is 0.461 e. The molecule has 2 aromatic carbocycles. The molecule has 0 atom stereocenters. The van der Waals surface area contributed by atoms with Crippen LogP contribution in [0.1, 0.15) is 10.4 Å². The fourth-order valence-corrected chi connectivity index (χ4v) is 3.75. The minimum atomic E-state index is -3.85. The van der Waals surface area contributed by atoms with Crippen molar-refractivity contribution in [1.82, 2.24) is 4.47 Å². The number of ether oxygens (including phenoxy) is 1. The molecular weight excluding hydrogens is 381 g/mol. The normalized spacial score (nSPS) is 11.5. The number of rotatable bonds is 8. The molecule has 0 N–H and O–H groups in total. The molecule has 0 aromatic heterocycles. The topological polar surface area (TPSA) is 72.9 Å². The lowest BCUT2D eigenvalue weighted by Gasteiger charge is -2.14. The Morgan fingerprint density at radius 3 is 2.62 bits per heavy atom. The van der Waals surface area contributed by atoms with Gasteiger partial charge in [0.25, 0.3) is 10.0 Å². The minimum absolute atomic E-state index is 0.0623. The number of hydrogen-bond donors (Lipinski definition) is 0. The molecule has 6 nitrogen and oxygen atoms in total. The van der Waals surface area contributed by atoms with E-state index >= 15 is 0 Å². The molecule has 0 saturated heterocycles. The zero-order valence-corrected chi connectivity index (χ0v) is 15.8. The highest BCUT2D eigenvalue weighted by Gasteiger charge is 2.22. The van der Waals surface area contributed by atoms with Crippen LogP contribution in [-0.4, -0.2) is 45.4 Å². The molecular formula is C17H18FNO5S2. The molecule has 0 radical (unpaired) electrons. The van der Waals surface area contributed by atoms with Crippen molar-refractivity contribution >= 4 is 27.8 Å². The first-order valence-corrected chi connectivity index (χ1v) is 9.96. The van der Waals surface area contributed by atoms with E-state index < -0.39 is 16.0 Å². The molecule has 0 aliphatic heterocycles. The average molecular weight is 399 g/mol. The molecule has 2 aromatic rings. The van der Waals surface area contributed by atoms with E-state index in [9.17, 15) is 17.6 Å². The maximum Gasteiger partial charge on any atom is 0.338 e. The van der Waals surface area contributed by atoms with Gasteiger partial charge in [0.1, 0.15) is 12.4 Å². The lowest BCUT2D eigenvalue weighted by molar-refractivity contribution is -0.0258. The van der Waals surface area contributed by atoms with E-state index in [-0.39, 0.29) is 22.9 Å². The smallest absolute Gasteiger partial charge is 0.338 e. The van der Waals surface area contributed by atoms with Gasteiger partial charge in [-0.05, 0) is 30.3 Å². The number of thioether (sulfide) groups is 1. The Hall–Kier alpha value is -1.94. The van der Waals surface area contributed by atoms with Gasteiger partial charge in [-0.25, -0.2) is 17.6 Å². The van der Waals surface area contributed by atoms with Gasteiger partial charge in [-0.15, -0.1) is 11.8 Å². The second-order valence-electron chi connectivity index (χ2n) is 5.04. The van der Waals surface area contributed by atoms with Gasteiger partial charge in [0, 0.05) is 17.7 Å². The number of benzene rings is 2. The predicted octanol–water partition coefficient (Wildman–Crippen LogP) is 2.96. The number of hydrogen-bond acceptors (Lipinski definition) is 6. The Morgan fingerprint density at radius 1 is 1.19 bits per heavy atom. The van der Waals surface area contributed by atoms with Crippen LogP contribution < -0.4 is 0 Å². The summed E-state index contributed by atoms with van der Waals surface area (Å²) in [5.74, 6) is -0.614. The summed E-state index contributed by atoms with van der Waals surface area (Å²) >= 11 is 1.23. The monoisotopic (exact) mass is 399 g/mol. The van der Waals surface area contributed by atoms with Crippen molar-refractivity contribution in [3.05, 3.63) is 59.9 Å². The predicted molar refractivity (Wildman–Crippen MR) is 95.8 cm³/mol. The van der Waals surface area contributed by atoms with E-state index in [1.54, 1.807) is 18.2 Å². The number of halogens is 1. The lowest BCUT2D eigenvalue weighted by Crippen LogP contribution is -2.26. The molecule has 0 heterocycles. The number of carbonyl (C=O) groups is 1. The highest BCUT2D eigenvalue weighted by Crippen LogP contribution is 2.21. The van der Waals surface area contributed by atoms with Crippen LogP contribution in [0.25, 0.3) is 0 Å². The standard InChI is InChI=1S/C17H18FNO5S2/c1-19(23-2)26(21,22)14-7-5-6-13(12-14)17(20)24-10-11-25-16-9-4-3-8-15(16)18/h3-9,12H,10-11H2,1-2H3. The third-order valence-corrected chi connectivity index (χ3v) is 6.06. The van der Waals surface area contributed by atoms with Crippen LogP contribution in [-0.2, 0) is 19.6 Å². The summed E-state index contributed by atoms with van der Waals surface area (Å²) in [6.07, 6.45) is 0. The summed E-state index contributed by atoms with van der Waals surface area (Å²) in [5, 5.41) is 0. The zero-order valence-electron chi connectivity index (χ0n) is 14.2. The maximum absolute atomic E-state index is 13.5. The van der Waals surface area contributed by atoms with Crippen LogP contribution in [0.4, 0.5) is 4.39 Å². The highest BCUT2D eigenvalue weighted by atomic mass is 32.2. The van der Waals surface area contributed by atoms with Gasteiger partial charge in [0.15, 0.2) is 0 Å². The molecule has 0 spiro atoms.